The second-order valence-corrected chi connectivity index (χ2v) is 15.1. The Balaban J connectivity index is 1.05. The van der Waals surface area contributed by atoms with Gasteiger partial charge in [-0.05, 0) is 25.5 Å². The van der Waals surface area contributed by atoms with Crippen molar-refractivity contribution >= 4 is 74.3 Å². The number of β-lactam (4-membered cyclic amide) rings is 1. The van der Waals surface area contributed by atoms with Crippen LogP contribution in [0.1, 0.15) is 37.1 Å². The molecule has 7 rings (SSSR count). The molecule has 0 radical (unpaired) electrons. The number of fused-ring (bicyclic) bond motifs is 2. The fourth-order valence-corrected chi connectivity index (χ4v) is 8.23. The summed E-state index contributed by atoms with van der Waals surface area (Å²) < 4.78 is 4.06. The molecule has 17 heteroatoms. The first kappa shape index (κ1) is 34.9. The molecule has 1 saturated heterocycles. The van der Waals surface area contributed by atoms with Crippen molar-refractivity contribution in [1.29, 1.82) is 0 Å². The summed E-state index contributed by atoms with van der Waals surface area (Å²) in [6.45, 7) is 5.14. The zero-order valence-corrected chi connectivity index (χ0v) is 29.8. The van der Waals surface area contributed by atoms with Crippen LogP contribution in [0, 0.1) is 5.92 Å². The Morgan fingerprint density at radius 3 is 2.63 bits per heavy atom. The predicted octanol–water partition coefficient (Wildman–Crippen LogP) is 2.48. The number of thioether (sulfide) groups is 1. The lowest BCUT2D eigenvalue weighted by atomic mass is 9.89. The van der Waals surface area contributed by atoms with Crippen molar-refractivity contribution in [3.8, 4) is 0 Å². The summed E-state index contributed by atoms with van der Waals surface area (Å²) in [7, 11) is 0. The zero-order valence-electron chi connectivity index (χ0n) is 28.2. The van der Waals surface area contributed by atoms with E-state index < -0.39 is 40.5 Å². The van der Waals surface area contributed by atoms with Crippen molar-refractivity contribution < 1.29 is 38.8 Å². The summed E-state index contributed by atoms with van der Waals surface area (Å²) in [4.78, 5) is 66.1. The largest absolute Gasteiger partial charge is 0.478 e. The minimum absolute atomic E-state index is 0.0856. The molecule has 3 aliphatic rings. The van der Waals surface area contributed by atoms with E-state index in [1.165, 1.54) is 35.9 Å². The smallest absolute Gasteiger partial charge is 0.352 e. The van der Waals surface area contributed by atoms with Crippen molar-refractivity contribution in [2.45, 2.75) is 44.3 Å². The number of aliphatic imine (C=N–C) groups is 1. The summed E-state index contributed by atoms with van der Waals surface area (Å²) in [5.41, 5.74) is 7.56. The Kier molecular flexibility index (Phi) is 9.31. The van der Waals surface area contributed by atoms with Crippen molar-refractivity contribution in [1.82, 2.24) is 19.8 Å². The average Bonchev–Trinajstić information content (AvgIpc) is 3.89. The Morgan fingerprint density at radius 2 is 1.96 bits per heavy atom. The SMILES string of the molecule is CC(C)(O/N=C(\C(=O)C[C@@H]1C(=O)N2C(C(=O)O)=C(C[n+]3ccc4c(ccn4Cc4ccc(C5=NCCN5)cc4)c3)CS[C@H]12)c1csc(N)n1)C(=O)O. The Morgan fingerprint density at radius 1 is 1.17 bits per heavy atom. The number of benzene rings is 1. The highest BCUT2D eigenvalue weighted by atomic mass is 32.2. The summed E-state index contributed by atoms with van der Waals surface area (Å²) in [5.74, 6) is -3.19. The molecule has 6 heterocycles. The highest BCUT2D eigenvalue weighted by Gasteiger charge is 2.54. The topological polar surface area (TPSA) is 206 Å². The van der Waals surface area contributed by atoms with Gasteiger partial charge >= 0.3 is 11.9 Å². The lowest BCUT2D eigenvalue weighted by molar-refractivity contribution is -0.687. The van der Waals surface area contributed by atoms with Crippen molar-refractivity contribution in [3.05, 3.63) is 88.5 Å². The van der Waals surface area contributed by atoms with Gasteiger partial charge in [-0.2, -0.15) is 0 Å². The average molecular weight is 744 g/mol. The molecule has 0 unspecified atom stereocenters. The van der Waals surface area contributed by atoms with Gasteiger partial charge in [0.2, 0.25) is 11.5 Å². The van der Waals surface area contributed by atoms with Crippen LogP contribution in [0.3, 0.4) is 0 Å². The van der Waals surface area contributed by atoms with E-state index in [1.54, 1.807) is 0 Å². The van der Waals surface area contributed by atoms with Crippen LogP contribution in [-0.2, 0) is 37.1 Å². The number of nitrogens with zero attached hydrogens (tertiary/aromatic N) is 6. The number of aliphatic carboxylic acids is 2. The van der Waals surface area contributed by atoms with Gasteiger partial charge in [0.15, 0.2) is 35.6 Å². The first-order valence-corrected chi connectivity index (χ1v) is 18.3. The monoisotopic (exact) mass is 743 g/mol. The van der Waals surface area contributed by atoms with Gasteiger partial charge in [0, 0.05) is 54.0 Å². The lowest BCUT2D eigenvalue weighted by Crippen LogP contribution is -2.62. The lowest BCUT2D eigenvalue weighted by Gasteiger charge is -2.49. The zero-order chi connectivity index (χ0) is 36.7. The number of hydrogen-bond acceptors (Lipinski definition) is 12. The molecule has 15 nitrogen and oxygen atoms in total. The normalized spacial score (nSPS) is 18.9. The number of carbonyl (C=O) groups excluding carboxylic acids is 2. The van der Waals surface area contributed by atoms with E-state index in [9.17, 15) is 29.4 Å². The number of Topliss-reactive ketones (excluding diaryl/α,β-unsaturated/α-hetero) is 1. The minimum Gasteiger partial charge on any atom is -0.478 e. The molecule has 268 valence electrons. The molecule has 52 heavy (non-hydrogen) atoms. The standard InChI is InChI=1S/C35H34N8O7S2/c1-35(2,33(48)49)50-40-27(24-18-52-34(36)39-24)26(44)13-23-30(45)43-28(32(46)47)22(17-51-31(23)43)16-41-11-8-25-21(15-41)7-12-42(25)14-19-3-5-20(6-4-19)29-37-9-10-38-29/h3-8,11-12,15,18,23,31H,9-10,13-14,16-17H2,1-2H3,(H4-,36,37,38,39,46,47,48,49)/p+1/b40-27-/t23-,31-/m1/s1. The number of carboxylic acid groups (broad SMARTS) is 2. The molecule has 0 saturated carbocycles. The van der Waals surface area contributed by atoms with E-state index >= 15 is 0 Å². The fraction of sp³-hybridized carbons (Fsp3) is 0.314. The predicted molar refractivity (Wildman–Crippen MR) is 194 cm³/mol. The molecule has 5 N–H and O–H groups in total. The number of thiazole rings is 1. The third-order valence-corrected chi connectivity index (χ3v) is 11.1. The number of amides is 1. The van der Waals surface area contributed by atoms with Gasteiger partial charge in [-0.3, -0.25) is 19.5 Å². The second-order valence-electron chi connectivity index (χ2n) is 13.1. The maximum Gasteiger partial charge on any atom is 0.352 e. The van der Waals surface area contributed by atoms with Gasteiger partial charge in [0.25, 0.3) is 0 Å². The highest BCUT2D eigenvalue weighted by Crippen LogP contribution is 2.45. The van der Waals surface area contributed by atoms with E-state index in [0.717, 1.165) is 52.3 Å². The van der Waals surface area contributed by atoms with E-state index in [-0.39, 0.29) is 35.2 Å². The number of anilines is 1. The summed E-state index contributed by atoms with van der Waals surface area (Å²) in [6.07, 6.45) is 5.57. The van der Waals surface area contributed by atoms with Gasteiger partial charge in [-0.15, -0.1) is 23.1 Å². The number of oxime groups is 1. The summed E-state index contributed by atoms with van der Waals surface area (Å²) in [6, 6.07) is 12.3. The molecular weight excluding hydrogens is 709 g/mol. The Labute approximate surface area is 305 Å². The van der Waals surface area contributed by atoms with Crippen LogP contribution < -0.4 is 15.6 Å². The Bertz CT molecular complexity index is 2200. The van der Waals surface area contributed by atoms with Crippen LogP contribution in [0.4, 0.5) is 5.13 Å². The van der Waals surface area contributed by atoms with Gasteiger partial charge < -0.3 is 30.7 Å². The molecule has 4 aromatic rings. The first-order chi connectivity index (χ1) is 24.9. The number of hydrogen-bond donors (Lipinski definition) is 4. The number of aromatic nitrogens is 3. The molecule has 1 amide bonds. The molecule has 0 bridgehead atoms. The first-order valence-electron chi connectivity index (χ1n) is 16.4. The van der Waals surface area contributed by atoms with Crippen molar-refractivity contribution in [2.75, 3.05) is 24.6 Å². The van der Waals surface area contributed by atoms with Crippen molar-refractivity contribution in [3.63, 3.8) is 0 Å². The molecule has 1 aromatic carbocycles. The number of nitrogens with two attached hydrogens (primary N) is 1. The molecular formula is C35H35N8O7S2+. The number of rotatable bonds is 13. The van der Waals surface area contributed by atoms with Crippen LogP contribution in [-0.4, -0.2) is 89.7 Å². The maximum absolute atomic E-state index is 13.5. The Hall–Kier alpha value is -5.55. The number of carboxylic acids is 2. The molecule has 0 spiro atoms. The molecule has 2 atom stereocenters. The van der Waals surface area contributed by atoms with E-state index in [1.807, 2.05) is 35.3 Å². The van der Waals surface area contributed by atoms with E-state index in [4.69, 9.17) is 10.6 Å². The summed E-state index contributed by atoms with van der Waals surface area (Å²) >= 11 is 2.45. The third-order valence-electron chi connectivity index (χ3n) is 9.07. The minimum atomic E-state index is -1.74. The second kappa shape index (κ2) is 13.9. The van der Waals surface area contributed by atoms with Crippen LogP contribution >= 0.6 is 23.1 Å². The van der Waals surface area contributed by atoms with Crippen LogP contribution in [0.15, 0.2) is 81.8 Å². The number of amidine groups is 1. The van der Waals surface area contributed by atoms with Crippen LogP contribution in [0.5, 0.6) is 0 Å². The van der Waals surface area contributed by atoms with Crippen molar-refractivity contribution in [2.24, 2.45) is 16.1 Å². The van der Waals surface area contributed by atoms with Crippen LogP contribution in [0.2, 0.25) is 0 Å². The highest BCUT2D eigenvalue weighted by molar-refractivity contribution is 8.00. The van der Waals surface area contributed by atoms with Gasteiger partial charge in [-0.1, -0.05) is 29.4 Å². The third kappa shape index (κ3) is 6.76. The molecule has 3 aliphatic heterocycles. The van der Waals surface area contributed by atoms with Gasteiger partial charge in [0.05, 0.1) is 28.7 Å². The summed E-state index contributed by atoms with van der Waals surface area (Å²) in [5, 5.41) is 28.9. The fourth-order valence-electron chi connectivity index (χ4n) is 6.28. The number of nitrogens with one attached hydrogen (secondary N) is 1. The number of carbonyl (C=O) groups is 4. The molecule has 3 aromatic heterocycles. The van der Waals surface area contributed by atoms with E-state index in [0.29, 0.717) is 17.9 Å². The van der Waals surface area contributed by atoms with E-state index in [2.05, 4.69) is 49.3 Å². The molecule has 0 aliphatic carbocycles. The number of ketones is 1. The number of pyridine rings is 1. The maximum atomic E-state index is 13.5. The quantitative estimate of drug-likeness (QED) is 0.0678. The molecule has 1 fully saturated rings. The number of nitrogen functional groups attached to an aromatic ring is 1. The van der Waals surface area contributed by atoms with Crippen LogP contribution in [0.25, 0.3) is 10.9 Å². The van der Waals surface area contributed by atoms with Gasteiger partial charge in [0.1, 0.15) is 17.2 Å². The van der Waals surface area contributed by atoms with Gasteiger partial charge in [-0.25, -0.2) is 19.1 Å².